The number of carbonyl (C=O) groups excluding carboxylic acids is 3. The second-order valence-corrected chi connectivity index (χ2v) is 10.9. The number of nitrogens with one attached hydrogen (secondary N) is 3. The van der Waals surface area contributed by atoms with E-state index in [1.54, 1.807) is 37.3 Å². The van der Waals surface area contributed by atoms with E-state index >= 15 is 0 Å². The summed E-state index contributed by atoms with van der Waals surface area (Å²) < 4.78 is 28.5. The normalized spacial score (nSPS) is 17.0. The lowest BCUT2D eigenvalue weighted by molar-refractivity contribution is -0.131. The number of carbonyl (C=O) groups is 3. The molecule has 0 unspecified atom stereocenters. The van der Waals surface area contributed by atoms with Gasteiger partial charge in [-0.3, -0.25) is 19.2 Å². The molecule has 3 N–H and O–H groups in total. The molecular formula is C25H30N4O5S. The van der Waals surface area contributed by atoms with Gasteiger partial charge in [-0.25, -0.2) is 13.2 Å². The van der Waals surface area contributed by atoms with Crippen LogP contribution in [0, 0.1) is 13.8 Å². The van der Waals surface area contributed by atoms with Gasteiger partial charge in [0.2, 0.25) is 5.91 Å². The number of nitrogens with zero attached hydrogens (tertiary/aromatic N) is 1. The minimum atomic E-state index is -3.86. The first-order valence-electron chi connectivity index (χ1n) is 11.7. The Kier molecular flexibility index (Phi) is 6.84. The lowest BCUT2D eigenvalue weighted by atomic mass is 9.98. The summed E-state index contributed by atoms with van der Waals surface area (Å²) in [7, 11) is -3.86. The fraction of sp³-hybridized carbons (Fsp3) is 0.400. The maximum Gasteiger partial charge on any atom is 0.325 e. The predicted octanol–water partition coefficient (Wildman–Crippen LogP) is 3.69. The van der Waals surface area contributed by atoms with Crippen LogP contribution in [0.25, 0.3) is 0 Å². The van der Waals surface area contributed by atoms with Gasteiger partial charge in [0.05, 0.1) is 4.90 Å². The molecule has 2 aromatic rings. The third kappa shape index (κ3) is 5.32. The van der Waals surface area contributed by atoms with E-state index in [0.29, 0.717) is 36.2 Å². The largest absolute Gasteiger partial charge is 0.326 e. The van der Waals surface area contributed by atoms with Gasteiger partial charge in [0, 0.05) is 24.3 Å². The number of anilines is 2. The van der Waals surface area contributed by atoms with Crippen molar-refractivity contribution in [2.24, 2.45) is 0 Å². The van der Waals surface area contributed by atoms with E-state index in [4.69, 9.17) is 0 Å². The maximum atomic E-state index is 13.0. The van der Waals surface area contributed by atoms with Crippen molar-refractivity contribution in [1.82, 2.24) is 10.2 Å². The number of aryl methyl sites for hydroxylation is 2. The number of urea groups is 1. The van der Waals surface area contributed by atoms with E-state index in [-0.39, 0.29) is 29.7 Å². The molecular weight excluding hydrogens is 468 g/mol. The standard InChI is InChI=1S/C25H30N4O5S/c1-17-7-5-8-20(15-17)28-35(33,34)21-16-19(11-10-18(21)2)26-22(30)9-6-14-29-23(31)25(27-24(29)32)12-3-4-13-25/h5,7-8,10-11,15-16,28H,3-4,6,9,12-14H2,1-2H3,(H,26,30)(H,27,32). The van der Waals surface area contributed by atoms with Crippen LogP contribution in [0.5, 0.6) is 0 Å². The Morgan fingerprint density at radius 2 is 1.80 bits per heavy atom. The number of amides is 4. The van der Waals surface area contributed by atoms with Crippen LogP contribution >= 0.6 is 0 Å². The Labute approximate surface area is 205 Å². The first kappa shape index (κ1) is 24.7. The van der Waals surface area contributed by atoms with Gasteiger partial charge in [-0.1, -0.05) is 31.0 Å². The smallest absolute Gasteiger partial charge is 0.325 e. The minimum Gasteiger partial charge on any atom is -0.326 e. The Morgan fingerprint density at radius 3 is 2.51 bits per heavy atom. The minimum absolute atomic E-state index is 0.0676. The second-order valence-electron chi connectivity index (χ2n) is 9.28. The monoisotopic (exact) mass is 498 g/mol. The van der Waals surface area contributed by atoms with Gasteiger partial charge in [-0.05, 0) is 68.5 Å². The van der Waals surface area contributed by atoms with Crippen molar-refractivity contribution < 1.29 is 22.8 Å². The summed E-state index contributed by atoms with van der Waals surface area (Å²) in [6.07, 6.45) is 3.54. The van der Waals surface area contributed by atoms with Crippen LogP contribution in [0.3, 0.4) is 0 Å². The zero-order valence-corrected chi connectivity index (χ0v) is 20.7. The SMILES string of the molecule is Cc1cccc(NS(=O)(=O)c2cc(NC(=O)CCCN3C(=O)NC4(CCCC4)C3=O)ccc2C)c1. The summed E-state index contributed by atoms with van der Waals surface area (Å²) >= 11 is 0. The Hall–Kier alpha value is -3.40. The van der Waals surface area contributed by atoms with Crippen LogP contribution in [0.15, 0.2) is 47.4 Å². The molecule has 4 rings (SSSR count). The van der Waals surface area contributed by atoms with Crippen molar-refractivity contribution in [2.75, 3.05) is 16.6 Å². The van der Waals surface area contributed by atoms with Crippen LogP contribution in [-0.2, 0) is 19.6 Å². The molecule has 2 fully saturated rings. The Balaban J connectivity index is 1.35. The summed E-state index contributed by atoms with van der Waals surface area (Å²) in [4.78, 5) is 38.7. The number of hydrogen-bond donors (Lipinski definition) is 3. The molecule has 1 heterocycles. The van der Waals surface area contributed by atoms with E-state index in [9.17, 15) is 22.8 Å². The molecule has 0 radical (unpaired) electrons. The number of benzene rings is 2. The summed E-state index contributed by atoms with van der Waals surface area (Å²) in [6, 6.07) is 11.3. The van der Waals surface area contributed by atoms with Crippen molar-refractivity contribution in [3.63, 3.8) is 0 Å². The van der Waals surface area contributed by atoms with Crippen molar-refractivity contribution in [3.8, 4) is 0 Å². The van der Waals surface area contributed by atoms with Crippen molar-refractivity contribution >= 4 is 39.2 Å². The molecule has 2 aromatic carbocycles. The molecule has 1 saturated carbocycles. The highest BCUT2D eigenvalue weighted by molar-refractivity contribution is 7.92. The Bertz CT molecular complexity index is 1270. The molecule has 1 aliphatic carbocycles. The molecule has 1 saturated heterocycles. The molecule has 1 spiro atoms. The molecule has 0 aromatic heterocycles. The van der Waals surface area contributed by atoms with Crippen molar-refractivity contribution in [1.29, 1.82) is 0 Å². The van der Waals surface area contributed by atoms with Gasteiger partial charge in [0.25, 0.3) is 15.9 Å². The lowest BCUT2D eigenvalue weighted by Gasteiger charge is -2.19. The zero-order valence-electron chi connectivity index (χ0n) is 19.9. The summed E-state index contributed by atoms with van der Waals surface area (Å²) in [6.45, 7) is 3.72. The molecule has 0 atom stereocenters. The van der Waals surface area contributed by atoms with Crippen LogP contribution < -0.4 is 15.4 Å². The van der Waals surface area contributed by atoms with Gasteiger partial charge >= 0.3 is 6.03 Å². The topological polar surface area (TPSA) is 125 Å². The highest BCUT2D eigenvalue weighted by Gasteiger charge is 2.52. The van der Waals surface area contributed by atoms with E-state index in [1.165, 1.54) is 11.0 Å². The molecule has 10 heteroatoms. The summed E-state index contributed by atoms with van der Waals surface area (Å²) in [5.74, 6) is -0.527. The average Bonchev–Trinajstić information content (AvgIpc) is 3.35. The van der Waals surface area contributed by atoms with Gasteiger partial charge in [-0.2, -0.15) is 0 Å². The molecule has 9 nitrogen and oxygen atoms in total. The Morgan fingerprint density at radius 1 is 1.06 bits per heavy atom. The van der Waals surface area contributed by atoms with Crippen LogP contribution in [0.2, 0.25) is 0 Å². The van der Waals surface area contributed by atoms with Crippen molar-refractivity contribution in [2.45, 2.75) is 62.8 Å². The van der Waals surface area contributed by atoms with Gasteiger partial charge in [0.15, 0.2) is 0 Å². The van der Waals surface area contributed by atoms with E-state index in [1.807, 2.05) is 13.0 Å². The summed E-state index contributed by atoms with van der Waals surface area (Å²) in [5.41, 5.74) is 1.52. The third-order valence-electron chi connectivity index (χ3n) is 6.52. The molecule has 1 aliphatic heterocycles. The van der Waals surface area contributed by atoms with E-state index < -0.39 is 21.6 Å². The van der Waals surface area contributed by atoms with Crippen LogP contribution in [0.4, 0.5) is 16.2 Å². The van der Waals surface area contributed by atoms with Gasteiger partial charge in [-0.15, -0.1) is 0 Å². The quantitative estimate of drug-likeness (QED) is 0.479. The molecule has 4 amide bonds. The van der Waals surface area contributed by atoms with Crippen molar-refractivity contribution in [3.05, 3.63) is 53.6 Å². The zero-order chi connectivity index (χ0) is 25.2. The molecule has 186 valence electrons. The van der Waals surface area contributed by atoms with E-state index in [2.05, 4.69) is 15.4 Å². The third-order valence-corrected chi connectivity index (χ3v) is 8.04. The number of sulfonamides is 1. The second kappa shape index (κ2) is 9.69. The number of imide groups is 1. The molecule has 0 bridgehead atoms. The van der Waals surface area contributed by atoms with Gasteiger partial charge in [0.1, 0.15) is 5.54 Å². The summed E-state index contributed by atoms with van der Waals surface area (Å²) in [5, 5.41) is 5.54. The first-order valence-corrected chi connectivity index (χ1v) is 13.2. The number of rotatable bonds is 8. The van der Waals surface area contributed by atoms with E-state index in [0.717, 1.165) is 18.4 Å². The fourth-order valence-electron chi connectivity index (χ4n) is 4.70. The molecule has 2 aliphatic rings. The van der Waals surface area contributed by atoms with Crippen LogP contribution in [0.1, 0.15) is 49.7 Å². The van der Waals surface area contributed by atoms with Gasteiger partial charge < -0.3 is 10.6 Å². The van der Waals surface area contributed by atoms with Crippen LogP contribution in [-0.4, -0.2) is 43.2 Å². The number of hydrogen-bond acceptors (Lipinski definition) is 5. The highest BCUT2D eigenvalue weighted by atomic mass is 32.2. The average molecular weight is 499 g/mol. The highest BCUT2D eigenvalue weighted by Crippen LogP contribution is 2.35. The fourth-order valence-corrected chi connectivity index (χ4v) is 6.03. The first-order chi connectivity index (χ1) is 16.6. The molecule has 35 heavy (non-hydrogen) atoms. The lowest BCUT2D eigenvalue weighted by Crippen LogP contribution is -2.44. The maximum absolute atomic E-state index is 13.0. The predicted molar refractivity (Wildman–Crippen MR) is 132 cm³/mol.